The van der Waals surface area contributed by atoms with Crippen molar-refractivity contribution < 1.29 is 14.6 Å². The standard InChI is InChI=1S/C25H45NO3/c1-5-7-8-9-10-11-12-13-18-28-21-23(27)20-26-25(3,4)19-22-14-16-24(17-15-22)29-6-2/h14-17,23,26-27H,5-13,18-21H2,1-4H3. The minimum absolute atomic E-state index is 0.0914. The third-order valence-corrected chi connectivity index (χ3v) is 5.15. The van der Waals surface area contributed by atoms with Crippen LogP contribution >= 0.6 is 0 Å². The lowest BCUT2D eigenvalue weighted by atomic mass is 9.94. The van der Waals surface area contributed by atoms with E-state index >= 15 is 0 Å². The first-order chi connectivity index (χ1) is 14.0. The van der Waals surface area contributed by atoms with E-state index in [9.17, 15) is 5.11 Å². The van der Waals surface area contributed by atoms with Crippen LogP contribution in [0.25, 0.3) is 0 Å². The first-order valence-electron chi connectivity index (χ1n) is 11.7. The van der Waals surface area contributed by atoms with E-state index in [0.717, 1.165) is 25.2 Å². The molecule has 168 valence electrons. The zero-order chi connectivity index (χ0) is 21.4. The van der Waals surface area contributed by atoms with Gasteiger partial charge in [0.2, 0.25) is 0 Å². The van der Waals surface area contributed by atoms with Crippen LogP contribution in [0.4, 0.5) is 0 Å². The summed E-state index contributed by atoms with van der Waals surface area (Å²) in [7, 11) is 0. The van der Waals surface area contributed by atoms with Crippen LogP contribution in [0.2, 0.25) is 0 Å². The van der Waals surface area contributed by atoms with Crippen LogP contribution in [-0.2, 0) is 11.2 Å². The van der Waals surface area contributed by atoms with Gasteiger partial charge in [0, 0.05) is 18.7 Å². The second kappa shape index (κ2) is 15.7. The molecule has 2 N–H and O–H groups in total. The molecule has 4 nitrogen and oxygen atoms in total. The highest BCUT2D eigenvalue weighted by Crippen LogP contribution is 2.17. The maximum atomic E-state index is 10.2. The van der Waals surface area contributed by atoms with Crippen LogP contribution < -0.4 is 10.1 Å². The van der Waals surface area contributed by atoms with Crippen molar-refractivity contribution in [2.75, 3.05) is 26.4 Å². The average Bonchev–Trinajstić information content (AvgIpc) is 2.69. The molecule has 0 saturated heterocycles. The predicted molar refractivity (Wildman–Crippen MR) is 123 cm³/mol. The Balaban J connectivity index is 2.09. The van der Waals surface area contributed by atoms with Crippen molar-refractivity contribution in [3.63, 3.8) is 0 Å². The normalized spacial score (nSPS) is 12.9. The number of ether oxygens (including phenoxy) is 2. The van der Waals surface area contributed by atoms with E-state index in [1.165, 1.54) is 50.5 Å². The quantitative estimate of drug-likeness (QED) is 0.315. The van der Waals surface area contributed by atoms with Crippen LogP contribution in [0.1, 0.15) is 84.6 Å². The van der Waals surface area contributed by atoms with E-state index in [0.29, 0.717) is 19.8 Å². The Hall–Kier alpha value is -1.10. The summed E-state index contributed by atoms with van der Waals surface area (Å²) in [6, 6.07) is 8.25. The van der Waals surface area contributed by atoms with Gasteiger partial charge in [-0.3, -0.25) is 0 Å². The summed E-state index contributed by atoms with van der Waals surface area (Å²) in [4.78, 5) is 0. The van der Waals surface area contributed by atoms with E-state index in [1.807, 2.05) is 19.1 Å². The zero-order valence-corrected chi connectivity index (χ0v) is 19.3. The molecule has 1 unspecified atom stereocenters. The molecule has 0 fully saturated rings. The lowest BCUT2D eigenvalue weighted by Gasteiger charge is -2.28. The maximum absolute atomic E-state index is 10.2. The summed E-state index contributed by atoms with van der Waals surface area (Å²) < 4.78 is 11.2. The molecule has 0 aliphatic carbocycles. The van der Waals surface area contributed by atoms with Gasteiger partial charge in [-0.25, -0.2) is 0 Å². The molecule has 29 heavy (non-hydrogen) atoms. The van der Waals surface area contributed by atoms with E-state index in [-0.39, 0.29) is 5.54 Å². The van der Waals surface area contributed by atoms with Crippen LogP contribution in [0.5, 0.6) is 5.75 Å². The summed E-state index contributed by atoms with van der Waals surface area (Å²) in [5.74, 6) is 0.908. The minimum Gasteiger partial charge on any atom is -0.494 e. The first-order valence-corrected chi connectivity index (χ1v) is 11.7. The Morgan fingerprint density at radius 2 is 1.55 bits per heavy atom. The molecule has 0 bridgehead atoms. The molecule has 0 aliphatic heterocycles. The highest BCUT2D eigenvalue weighted by atomic mass is 16.5. The fourth-order valence-corrected chi connectivity index (χ4v) is 3.45. The summed E-state index contributed by atoms with van der Waals surface area (Å²) in [5, 5.41) is 13.7. The lowest BCUT2D eigenvalue weighted by Crippen LogP contribution is -2.46. The molecule has 0 radical (unpaired) electrons. The molecule has 0 spiro atoms. The predicted octanol–water partition coefficient (Wildman–Crippen LogP) is 5.51. The monoisotopic (exact) mass is 407 g/mol. The molecule has 0 amide bonds. The number of aliphatic hydroxyl groups is 1. The number of rotatable bonds is 18. The second-order valence-electron chi connectivity index (χ2n) is 8.72. The summed E-state index contributed by atoms with van der Waals surface area (Å²) in [6.45, 7) is 11.0. The molecular weight excluding hydrogens is 362 g/mol. The highest BCUT2D eigenvalue weighted by Gasteiger charge is 2.19. The van der Waals surface area contributed by atoms with Crippen molar-refractivity contribution in [2.24, 2.45) is 0 Å². The van der Waals surface area contributed by atoms with E-state index in [4.69, 9.17) is 9.47 Å². The van der Waals surface area contributed by atoms with Gasteiger partial charge in [-0.15, -0.1) is 0 Å². The van der Waals surface area contributed by atoms with Gasteiger partial charge >= 0.3 is 0 Å². The van der Waals surface area contributed by atoms with Gasteiger partial charge in [0.05, 0.1) is 19.3 Å². The third-order valence-electron chi connectivity index (χ3n) is 5.15. The Morgan fingerprint density at radius 3 is 2.17 bits per heavy atom. The lowest BCUT2D eigenvalue weighted by molar-refractivity contribution is 0.0321. The maximum Gasteiger partial charge on any atom is 0.119 e. The molecule has 1 aromatic carbocycles. The Morgan fingerprint density at radius 1 is 0.931 bits per heavy atom. The molecule has 0 aromatic heterocycles. The minimum atomic E-state index is -0.469. The Kier molecular flexibility index (Phi) is 14.0. The van der Waals surface area contributed by atoms with Crippen molar-refractivity contribution >= 4 is 0 Å². The van der Waals surface area contributed by atoms with Crippen molar-refractivity contribution in [1.29, 1.82) is 0 Å². The summed E-state index contributed by atoms with van der Waals surface area (Å²) in [6.07, 6.45) is 10.8. The van der Waals surface area contributed by atoms with Gasteiger partial charge in [0.25, 0.3) is 0 Å². The van der Waals surface area contributed by atoms with E-state index in [2.05, 4.69) is 38.2 Å². The number of nitrogens with one attached hydrogen (secondary N) is 1. The number of aliphatic hydroxyl groups excluding tert-OH is 1. The molecule has 0 heterocycles. The van der Waals surface area contributed by atoms with Gasteiger partial charge in [-0.2, -0.15) is 0 Å². The first kappa shape index (κ1) is 25.9. The number of benzene rings is 1. The van der Waals surface area contributed by atoms with Crippen LogP contribution in [0.3, 0.4) is 0 Å². The van der Waals surface area contributed by atoms with Crippen LogP contribution in [-0.4, -0.2) is 43.1 Å². The number of unbranched alkanes of at least 4 members (excludes halogenated alkanes) is 7. The number of β-amino-alcohol motifs (C(OH)–C–C–N with tert-alkyl or cyclic N) is 1. The van der Waals surface area contributed by atoms with Gasteiger partial charge in [0.1, 0.15) is 5.75 Å². The average molecular weight is 408 g/mol. The molecule has 1 rings (SSSR count). The Bertz CT molecular complexity index is 501. The van der Waals surface area contributed by atoms with Crippen molar-refractivity contribution in [2.45, 2.75) is 97.1 Å². The van der Waals surface area contributed by atoms with Gasteiger partial charge in [-0.1, -0.05) is 64.0 Å². The third kappa shape index (κ3) is 13.7. The van der Waals surface area contributed by atoms with Crippen molar-refractivity contribution in [3.05, 3.63) is 29.8 Å². The largest absolute Gasteiger partial charge is 0.494 e. The van der Waals surface area contributed by atoms with Gasteiger partial charge in [-0.05, 0) is 51.3 Å². The number of hydrogen-bond donors (Lipinski definition) is 2. The molecule has 1 atom stereocenters. The summed E-state index contributed by atoms with van der Waals surface area (Å²) in [5.41, 5.74) is 1.16. The van der Waals surface area contributed by atoms with Crippen LogP contribution in [0, 0.1) is 0 Å². The molecular formula is C25H45NO3. The highest BCUT2D eigenvalue weighted by molar-refractivity contribution is 5.28. The van der Waals surface area contributed by atoms with Crippen LogP contribution in [0.15, 0.2) is 24.3 Å². The van der Waals surface area contributed by atoms with E-state index in [1.54, 1.807) is 0 Å². The topological polar surface area (TPSA) is 50.7 Å². The molecule has 0 aliphatic rings. The molecule has 4 heteroatoms. The fraction of sp³-hybridized carbons (Fsp3) is 0.760. The van der Waals surface area contributed by atoms with Crippen molar-refractivity contribution in [1.82, 2.24) is 5.32 Å². The van der Waals surface area contributed by atoms with E-state index < -0.39 is 6.10 Å². The zero-order valence-electron chi connectivity index (χ0n) is 19.3. The number of hydrogen-bond acceptors (Lipinski definition) is 4. The van der Waals surface area contributed by atoms with Gasteiger partial charge < -0.3 is 19.9 Å². The molecule has 0 saturated carbocycles. The molecule has 1 aromatic rings. The smallest absolute Gasteiger partial charge is 0.119 e. The summed E-state index contributed by atoms with van der Waals surface area (Å²) >= 11 is 0. The van der Waals surface area contributed by atoms with Crippen molar-refractivity contribution in [3.8, 4) is 5.75 Å². The fourth-order valence-electron chi connectivity index (χ4n) is 3.45. The SMILES string of the molecule is CCCCCCCCCCOCC(O)CNC(C)(C)Cc1ccc(OCC)cc1. The van der Waals surface area contributed by atoms with Gasteiger partial charge in [0.15, 0.2) is 0 Å². The Labute approximate surface area is 179 Å². The second-order valence-corrected chi connectivity index (χ2v) is 8.72.